The average molecular weight is 507 g/mol. The number of rotatable bonds is 5. The molecule has 0 saturated heterocycles. The molecule has 4 rings (SSSR count). The lowest BCUT2D eigenvalue weighted by Crippen LogP contribution is -2.27. The van der Waals surface area contributed by atoms with Crippen molar-refractivity contribution in [3.8, 4) is 0 Å². The lowest BCUT2D eigenvalue weighted by molar-refractivity contribution is 0.0708. The van der Waals surface area contributed by atoms with Gasteiger partial charge in [0.2, 0.25) is 0 Å². The van der Waals surface area contributed by atoms with Crippen LogP contribution in [0.1, 0.15) is 47.9 Å². The molecule has 33 heavy (non-hydrogen) atoms. The summed E-state index contributed by atoms with van der Waals surface area (Å²) in [5, 5.41) is 8.89. The Balaban J connectivity index is 1.59. The molecule has 0 bridgehead atoms. The van der Waals surface area contributed by atoms with Crippen molar-refractivity contribution in [1.82, 2.24) is 9.99 Å². The summed E-state index contributed by atoms with van der Waals surface area (Å²) in [5.41, 5.74) is 3.58. The molecule has 2 heterocycles. The van der Waals surface area contributed by atoms with E-state index < -0.39 is 6.09 Å². The fraction of sp³-hybridized carbons (Fsp3) is 0.200. The van der Waals surface area contributed by atoms with E-state index in [1.807, 2.05) is 42.5 Å². The number of carbonyl (C=O) groups is 2. The third kappa shape index (κ3) is 5.46. The van der Waals surface area contributed by atoms with Crippen molar-refractivity contribution in [2.45, 2.75) is 32.4 Å². The molecule has 1 aromatic heterocycles. The van der Waals surface area contributed by atoms with Crippen molar-refractivity contribution in [2.75, 3.05) is 5.32 Å². The van der Waals surface area contributed by atoms with Crippen molar-refractivity contribution in [2.24, 2.45) is 5.10 Å². The summed E-state index contributed by atoms with van der Waals surface area (Å²) in [7, 11) is 0. The topological polar surface area (TPSA) is 83.9 Å². The van der Waals surface area contributed by atoms with Gasteiger partial charge in [0.1, 0.15) is 6.04 Å². The summed E-state index contributed by atoms with van der Waals surface area (Å²) in [6, 6.07) is 19.9. The van der Waals surface area contributed by atoms with Gasteiger partial charge in [-0.1, -0.05) is 34.1 Å². The van der Waals surface area contributed by atoms with Crippen molar-refractivity contribution < 1.29 is 14.3 Å². The van der Waals surface area contributed by atoms with Gasteiger partial charge in [0, 0.05) is 28.3 Å². The fourth-order valence-electron chi connectivity index (χ4n) is 3.51. The number of benzene rings is 2. The summed E-state index contributed by atoms with van der Waals surface area (Å²) in [5.74, 6) is -0.192. The Morgan fingerprint density at radius 2 is 1.79 bits per heavy atom. The number of halogens is 1. The van der Waals surface area contributed by atoms with E-state index in [4.69, 9.17) is 4.74 Å². The molecule has 1 unspecified atom stereocenters. The van der Waals surface area contributed by atoms with Gasteiger partial charge in [-0.3, -0.25) is 15.1 Å². The number of hydrogen-bond acceptors (Lipinski definition) is 5. The Hall–Kier alpha value is -3.52. The zero-order valence-corrected chi connectivity index (χ0v) is 19.8. The number of anilines is 1. The number of hydrogen-bond donors (Lipinski definition) is 1. The van der Waals surface area contributed by atoms with Gasteiger partial charge in [0.25, 0.3) is 5.91 Å². The minimum atomic E-state index is -0.502. The van der Waals surface area contributed by atoms with Crippen LogP contribution in [0, 0.1) is 0 Å². The van der Waals surface area contributed by atoms with E-state index in [1.165, 1.54) is 5.01 Å². The predicted molar refractivity (Wildman–Crippen MR) is 130 cm³/mol. The smallest absolute Gasteiger partial charge is 0.411 e. The molecule has 1 aliphatic rings. The molecule has 2 aromatic carbocycles. The number of pyridine rings is 1. The first-order chi connectivity index (χ1) is 15.9. The van der Waals surface area contributed by atoms with E-state index in [9.17, 15) is 9.59 Å². The molecule has 0 aliphatic carbocycles. The highest BCUT2D eigenvalue weighted by atomic mass is 79.9. The molecule has 3 aromatic rings. The van der Waals surface area contributed by atoms with Crippen LogP contribution >= 0.6 is 15.9 Å². The average Bonchev–Trinajstić information content (AvgIpc) is 3.25. The molecule has 0 radical (unpaired) electrons. The number of aromatic nitrogens is 1. The fourth-order valence-corrected chi connectivity index (χ4v) is 3.77. The Kier molecular flexibility index (Phi) is 6.84. The van der Waals surface area contributed by atoms with Gasteiger partial charge in [-0.15, -0.1) is 0 Å². The van der Waals surface area contributed by atoms with Crippen LogP contribution in [0.2, 0.25) is 0 Å². The zero-order valence-electron chi connectivity index (χ0n) is 18.2. The maximum atomic E-state index is 13.3. The van der Waals surface area contributed by atoms with E-state index in [2.05, 4.69) is 31.3 Å². The van der Waals surface area contributed by atoms with Gasteiger partial charge in [-0.05, 0) is 67.9 Å². The largest absolute Gasteiger partial charge is 0.447 e. The van der Waals surface area contributed by atoms with E-state index in [0.717, 1.165) is 21.4 Å². The van der Waals surface area contributed by atoms with Crippen LogP contribution in [0.15, 0.2) is 82.5 Å². The first kappa shape index (κ1) is 22.7. The lowest BCUT2D eigenvalue weighted by atomic mass is 10.0. The number of nitrogens with zero attached hydrogens (tertiary/aromatic N) is 3. The normalized spacial score (nSPS) is 15.3. The summed E-state index contributed by atoms with van der Waals surface area (Å²) in [4.78, 5) is 29.6. The third-order valence-electron chi connectivity index (χ3n) is 5.05. The zero-order chi connectivity index (χ0) is 23.4. The van der Waals surface area contributed by atoms with Crippen LogP contribution in [-0.2, 0) is 4.74 Å². The van der Waals surface area contributed by atoms with Crippen LogP contribution in [-0.4, -0.2) is 33.8 Å². The summed E-state index contributed by atoms with van der Waals surface area (Å²) < 4.78 is 6.01. The number of ether oxygens (including phenoxy) is 1. The van der Waals surface area contributed by atoms with Gasteiger partial charge >= 0.3 is 6.09 Å². The van der Waals surface area contributed by atoms with Gasteiger partial charge in [0.05, 0.1) is 17.5 Å². The molecule has 0 fully saturated rings. The molecule has 1 atom stereocenters. The summed E-state index contributed by atoms with van der Waals surface area (Å²) >= 11 is 3.40. The van der Waals surface area contributed by atoms with E-state index in [-0.39, 0.29) is 18.1 Å². The molecular formula is C25H23BrN4O3. The van der Waals surface area contributed by atoms with Gasteiger partial charge in [0.15, 0.2) is 0 Å². The number of nitrogens with one attached hydrogen (secondary N) is 1. The highest BCUT2D eigenvalue weighted by Gasteiger charge is 2.34. The van der Waals surface area contributed by atoms with E-state index in [0.29, 0.717) is 17.7 Å². The Labute approximate surface area is 200 Å². The highest BCUT2D eigenvalue weighted by Crippen LogP contribution is 2.33. The predicted octanol–water partition coefficient (Wildman–Crippen LogP) is 5.79. The van der Waals surface area contributed by atoms with Crippen LogP contribution in [0.5, 0.6) is 0 Å². The Morgan fingerprint density at radius 3 is 2.42 bits per heavy atom. The van der Waals surface area contributed by atoms with Crippen molar-refractivity contribution in [3.63, 3.8) is 0 Å². The molecule has 168 valence electrons. The lowest BCUT2D eigenvalue weighted by Gasteiger charge is -2.21. The van der Waals surface area contributed by atoms with Crippen molar-refractivity contribution in [1.29, 1.82) is 0 Å². The van der Waals surface area contributed by atoms with E-state index in [1.54, 1.807) is 44.3 Å². The number of amides is 2. The van der Waals surface area contributed by atoms with Crippen molar-refractivity contribution >= 4 is 39.3 Å². The second-order valence-electron chi connectivity index (χ2n) is 7.83. The highest BCUT2D eigenvalue weighted by molar-refractivity contribution is 9.10. The molecular weight excluding hydrogens is 484 g/mol. The SMILES string of the molecule is CC(C)OC(=O)Nc1ccc(C2=NN(C(=O)c3ccc(Br)cc3)C(c3ccccn3)C2)cc1. The van der Waals surface area contributed by atoms with Crippen LogP contribution in [0.25, 0.3) is 0 Å². The van der Waals surface area contributed by atoms with E-state index >= 15 is 0 Å². The number of carbonyl (C=O) groups excluding carboxylic acids is 2. The first-order valence-corrected chi connectivity index (χ1v) is 11.4. The van der Waals surface area contributed by atoms with Crippen LogP contribution in [0.3, 0.4) is 0 Å². The Bertz CT molecular complexity index is 1160. The summed E-state index contributed by atoms with van der Waals surface area (Å²) in [6.45, 7) is 3.58. The summed E-state index contributed by atoms with van der Waals surface area (Å²) in [6.07, 6.45) is 1.54. The number of hydrazone groups is 1. The second-order valence-corrected chi connectivity index (χ2v) is 8.75. The first-order valence-electron chi connectivity index (χ1n) is 10.6. The second kappa shape index (κ2) is 9.95. The van der Waals surface area contributed by atoms with Crippen molar-refractivity contribution in [3.05, 3.63) is 94.2 Å². The molecule has 1 aliphatic heterocycles. The minimum Gasteiger partial charge on any atom is -0.447 e. The van der Waals surface area contributed by atoms with Crippen LogP contribution in [0.4, 0.5) is 10.5 Å². The van der Waals surface area contributed by atoms with Gasteiger partial charge in [-0.25, -0.2) is 9.80 Å². The third-order valence-corrected chi connectivity index (χ3v) is 5.57. The molecule has 2 amide bonds. The molecule has 0 spiro atoms. The standard InChI is InChI=1S/C25H23BrN4O3/c1-16(2)33-25(32)28-20-12-8-17(9-13-20)22-15-23(21-5-3-4-14-27-21)30(29-22)24(31)18-6-10-19(26)11-7-18/h3-14,16,23H,15H2,1-2H3,(H,28,32). The Morgan fingerprint density at radius 1 is 1.06 bits per heavy atom. The molecule has 8 heteroatoms. The maximum absolute atomic E-state index is 13.3. The molecule has 0 saturated carbocycles. The molecule has 7 nitrogen and oxygen atoms in total. The maximum Gasteiger partial charge on any atom is 0.411 e. The van der Waals surface area contributed by atoms with Gasteiger partial charge in [-0.2, -0.15) is 5.10 Å². The quantitative estimate of drug-likeness (QED) is 0.474. The minimum absolute atomic E-state index is 0.192. The van der Waals surface area contributed by atoms with Gasteiger partial charge < -0.3 is 4.74 Å². The van der Waals surface area contributed by atoms with Crippen LogP contribution < -0.4 is 5.32 Å². The monoisotopic (exact) mass is 506 g/mol. The molecule has 1 N–H and O–H groups in total.